The molecule has 18 heavy (non-hydrogen) atoms. The topological polar surface area (TPSA) is 55.1 Å². The van der Waals surface area contributed by atoms with E-state index in [0.29, 0.717) is 5.56 Å². The second-order valence-corrected chi connectivity index (χ2v) is 4.65. The lowest BCUT2D eigenvalue weighted by atomic mass is 10.0. The Morgan fingerprint density at radius 1 is 1.33 bits per heavy atom. The molecule has 1 N–H and O–H groups in total. The van der Waals surface area contributed by atoms with Crippen LogP contribution in [0.25, 0.3) is 11.3 Å². The minimum absolute atomic E-state index is 0.240. The average molecular weight is 244 g/mol. The quantitative estimate of drug-likeness (QED) is 0.902. The van der Waals surface area contributed by atoms with Gasteiger partial charge in [0, 0.05) is 17.8 Å². The van der Waals surface area contributed by atoms with E-state index in [1.165, 1.54) is 0 Å². The van der Waals surface area contributed by atoms with Gasteiger partial charge in [-0.15, -0.1) is 0 Å². The van der Waals surface area contributed by atoms with Crippen molar-refractivity contribution in [2.75, 3.05) is 0 Å². The summed E-state index contributed by atoms with van der Waals surface area (Å²) in [6.07, 6.45) is 1.73. The molecule has 0 amide bonds. The Labute approximate surface area is 106 Å². The van der Waals surface area contributed by atoms with Crippen molar-refractivity contribution >= 4 is 5.97 Å². The van der Waals surface area contributed by atoms with E-state index in [2.05, 4.69) is 5.10 Å². The Morgan fingerprint density at radius 2 is 2.06 bits per heavy atom. The maximum atomic E-state index is 11.1. The summed E-state index contributed by atoms with van der Waals surface area (Å²) in [4.78, 5) is 11.1. The molecule has 0 aliphatic carbocycles. The Bertz CT molecular complexity index is 585. The van der Waals surface area contributed by atoms with Crippen LogP contribution in [0.1, 0.15) is 35.8 Å². The van der Waals surface area contributed by atoms with Crippen LogP contribution >= 0.6 is 0 Å². The van der Waals surface area contributed by atoms with Gasteiger partial charge in [-0.1, -0.05) is 0 Å². The van der Waals surface area contributed by atoms with Crippen molar-refractivity contribution in [1.29, 1.82) is 0 Å². The lowest BCUT2D eigenvalue weighted by Crippen LogP contribution is -2.05. The van der Waals surface area contributed by atoms with Gasteiger partial charge in [-0.2, -0.15) is 5.10 Å². The van der Waals surface area contributed by atoms with Crippen molar-refractivity contribution in [3.63, 3.8) is 0 Å². The molecular weight excluding hydrogens is 228 g/mol. The zero-order valence-corrected chi connectivity index (χ0v) is 10.7. The third-order valence-corrected chi connectivity index (χ3v) is 2.78. The summed E-state index contributed by atoms with van der Waals surface area (Å²) in [7, 11) is 0. The molecule has 4 nitrogen and oxygen atoms in total. The molecule has 1 heterocycles. The van der Waals surface area contributed by atoms with Crippen LogP contribution in [-0.2, 0) is 0 Å². The molecule has 0 saturated heterocycles. The predicted octanol–water partition coefficient (Wildman–Crippen LogP) is 3.14. The number of aromatic nitrogens is 2. The van der Waals surface area contributed by atoms with E-state index < -0.39 is 5.97 Å². The van der Waals surface area contributed by atoms with E-state index in [4.69, 9.17) is 5.11 Å². The first kappa shape index (κ1) is 12.4. The number of aryl methyl sites for hydroxylation is 1. The first-order valence-electron chi connectivity index (χ1n) is 5.88. The molecule has 0 saturated carbocycles. The third-order valence-electron chi connectivity index (χ3n) is 2.78. The molecule has 0 unspecified atom stereocenters. The molecule has 94 valence electrons. The number of nitrogens with zero attached hydrogens (tertiary/aromatic N) is 2. The molecule has 0 atom stereocenters. The smallest absolute Gasteiger partial charge is 0.335 e. The molecule has 1 aromatic heterocycles. The molecule has 0 bridgehead atoms. The monoisotopic (exact) mass is 244 g/mol. The van der Waals surface area contributed by atoms with E-state index in [0.717, 1.165) is 16.8 Å². The highest BCUT2D eigenvalue weighted by Crippen LogP contribution is 2.24. The van der Waals surface area contributed by atoms with E-state index in [1.807, 2.05) is 37.6 Å². The summed E-state index contributed by atoms with van der Waals surface area (Å²) >= 11 is 0. The van der Waals surface area contributed by atoms with Gasteiger partial charge in [-0.3, -0.25) is 4.68 Å². The highest BCUT2D eigenvalue weighted by atomic mass is 16.4. The van der Waals surface area contributed by atoms with Crippen molar-refractivity contribution in [2.45, 2.75) is 26.8 Å². The maximum absolute atomic E-state index is 11.1. The fourth-order valence-corrected chi connectivity index (χ4v) is 2.01. The molecule has 0 spiro atoms. The van der Waals surface area contributed by atoms with Crippen LogP contribution in [0.3, 0.4) is 0 Å². The molecular formula is C14H16N2O2. The van der Waals surface area contributed by atoms with Crippen molar-refractivity contribution in [3.8, 4) is 11.3 Å². The number of hydrogen-bond acceptors (Lipinski definition) is 2. The van der Waals surface area contributed by atoms with Gasteiger partial charge in [0.1, 0.15) is 0 Å². The molecule has 0 aliphatic rings. The number of rotatable bonds is 3. The van der Waals surface area contributed by atoms with Gasteiger partial charge in [0.15, 0.2) is 0 Å². The van der Waals surface area contributed by atoms with Gasteiger partial charge >= 0.3 is 5.97 Å². The van der Waals surface area contributed by atoms with Crippen LogP contribution in [0.4, 0.5) is 0 Å². The number of carbonyl (C=O) groups is 1. The third kappa shape index (κ3) is 2.27. The molecule has 1 aromatic carbocycles. The molecule has 2 rings (SSSR count). The number of carboxylic acid groups (broad SMARTS) is 1. The van der Waals surface area contributed by atoms with Crippen LogP contribution in [0.5, 0.6) is 0 Å². The summed E-state index contributed by atoms with van der Waals surface area (Å²) < 4.78 is 1.89. The second kappa shape index (κ2) is 4.64. The Kier molecular flexibility index (Phi) is 3.19. The first-order chi connectivity index (χ1) is 8.49. The summed E-state index contributed by atoms with van der Waals surface area (Å²) in [5.41, 5.74) is 3.07. The zero-order chi connectivity index (χ0) is 13.3. The highest BCUT2D eigenvalue weighted by Gasteiger charge is 2.11. The van der Waals surface area contributed by atoms with E-state index >= 15 is 0 Å². The standard InChI is InChI=1S/C14H16N2O2/c1-9(2)16-13(4-5-15-16)11-6-10(3)7-12(8-11)14(17)18/h4-9H,1-3H3,(H,17,18). The van der Waals surface area contributed by atoms with Crippen LogP contribution in [-0.4, -0.2) is 20.9 Å². The molecule has 0 aliphatic heterocycles. The number of carboxylic acids is 1. The first-order valence-corrected chi connectivity index (χ1v) is 5.88. The van der Waals surface area contributed by atoms with Crippen LogP contribution in [0.2, 0.25) is 0 Å². The SMILES string of the molecule is Cc1cc(C(=O)O)cc(-c2ccnn2C(C)C)c1. The fourth-order valence-electron chi connectivity index (χ4n) is 2.01. The van der Waals surface area contributed by atoms with Crippen molar-refractivity contribution < 1.29 is 9.90 Å². The second-order valence-electron chi connectivity index (χ2n) is 4.65. The summed E-state index contributed by atoms with van der Waals surface area (Å²) in [5, 5.41) is 13.4. The molecule has 0 fully saturated rings. The van der Waals surface area contributed by atoms with Gasteiger partial charge < -0.3 is 5.11 Å². The molecule has 0 radical (unpaired) electrons. The van der Waals surface area contributed by atoms with E-state index in [9.17, 15) is 4.79 Å². The van der Waals surface area contributed by atoms with Gasteiger partial charge in [0.05, 0.1) is 11.3 Å². The van der Waals surface area contributed by atoms with E-state index in [-0.39, 0.29) is 6.04 Å². The van der Waals surface area contributed by atoms with Crippen LogP contribution in [0.15, 0.2) is 30.5 Å². The Hall–Kier alpha value is -2.10. The minimum Gasteiger partial charge on any atom is -0.478 e. The van der Waals surface area contributed by atoms with Crippen LogP contribution in [0, 0.1) is 6.92 Å². The number of hydrogen-bond donors (Lipinski definition) is 1. The van der Waals surface area contributed by atoms with Crippen molar-refractivity contribution in [3.05, 3.63) is 41.6 Å². The summed E-state index contributed by atoms with van der Waals surface area (Å²) in [6, 6.07) is 7.47. The lowest BCUT2D eigenvalue weighted by Gasteiger charge is -2.12. The maximum Gasteiger partial charge on any atom is 0.335 e. The molecule has 4 heteroatoms. The van der Waals surface area contributed by atoms with Gasteiger partial charge in [0.25, 0.3) is 0 Å². The normalized spacial score (nSPS) is 10.9. The Balaban J connectivity index is 2.57. The minimum atomic E-state index is -0.907. The summed E-state index contributed by atoms with van der Waals surface area (Å²) in [5.74, 6) is -0.907. The van der Waals surface area contributed by atoms with Crippen molar-refractivity contribution in [2.24, 2.45) is 0 Å². The number of aromatic carboxylic acids is 1. The predicted molar refractivity (Wildman–Crippen MR) is 69.7 cm³/mol. The largest absolute Gasteiger partial charge is 0.478 e. The zero-order valence-electron chi connectivity index (χ0n) is 10.7. The van der Waals surface area contributed by atoms with Gasteiger partial charge in [-0.25, -0.2) is 4.79 Å². The molecule has 2 aromatic rings. The highest BCUT2D eigenvalue weighted by molar-refractivity contribution is 5.89. The fraction of sp³-hybridized carbons (Fsp3) is 0.286. The number of benzene rings is 1. The summed E-state index contributed by atoms with van der Waals surface area (Å²) in [6.45, 7) is 5.99. The van der Waals surface area contributed by atoms with Gasteiger partial charge in [-0.05, 0) is 50.6 Å². The Morgan fingerprint density at radius 3 is 2.67 bits per heavy atom. The van der Waals surface area contributed by atoms with Crippen molar-refractivity contribution in [1.82, 2.24) is 9.78 Å². The van der Waals surface area contributed by atoms with Gasteiger partial charge in [0.2, 0.25) is 0 Å². The van der Waals surface area contributed by atoms with E-state index in [1.54, 1.807) is 18.3 Å². The average Bonchev–Trinajstić information content (AvgIpc) is 2.76. The van der Waals surface area contributed by atoms with Crippen LogP contribution < -0.4 is 0 Å². The lowest BCUT2D eigenvalue weighted by molar-refractivity contribution is 0.0697.